The van der Waals surface area contributed by atoms with Crippen LogP contribution in [0.25, 0.3) is 0 Å². The first-order valence-electron chi connectivity index (χ1n) is 5.98. The second kappa shape index (κ2) is 5.21. The topological polar surface area (TPSA) is 15.3 Å². The van der Waals surface area contributed by atoms with E-state index in [4.69, 9.17) is 0 Å². The maximum absolute atomic E-state index is 12.1. The molecule has 1 heterocycles. The Balaban J connectivity index is 1.58. The van der Waals surface area contributed by atoms with Crippen molar-refractivity contribution in [2.24, 2.45) is 5.92 Å². The van der Waals surface area contributed by atoms with E-state index in [1.54, 1.807) is 0 Å². The highest BCUT2D eigenvalue weighted by Gasteiger charge is 2.24. The number of hydrogen-bond donors (Lipinski definition) is 1. The first-order chi connectivity index (χ1) is 7.24. The number of piperidine rings is 1. The van der Waals surface area contributed by atoms with Gasteiger partial charge in [0, 0.05) is 6.04 Å². The lowest BCUT2D eigenvalue weighted by Gasteiger charge is -2.31. The first kappa shape index (κ1) is 11.3. The van der Waals surface area contributed by atoms with Crippen molar-refractivity contribution in [3.05, 3.63) is 0 Å². The number of hydrogen-bond acceptors (Lipinski definition) is 2. The maximum atomic E-state index is 12.1. The SMILES string of the molecule is FC(F)CN1CCC(CNC2CC2)CC1. The van der Waals surface area contributed by atoms with Gasteiger partial charge in [0.2, 0.25) is 0 Å². The number of rotatable bonds is 5. The Labute approximate surface area is 90.0 Å². The summed E-state index contributed by atoms with van der Waals surface area (Å²) in [4.78, 5) is 1.89. The van der Waals surface area contributed by atoms with E-state index in [0.717, 1.165) is 38.5 Å². The molecule has 88 valence electrons. The first-order valence-corrected chi connectivity index (χ1v) is 5.98. The highest BCUT2D eigenvalue weighted by atomic mass is 19.3. The van der Waals surface area contributed by atoms with Crippen LogP contribution in [0.5, 0.6) is 0 Å². The minimum atomic E-state index is -2.17. The molecule has 0 aromatic heterocycles. The molecule has 0 unspecified atom stereocenters. The van der Waals surface area contributed by atoms with Gasteiger partial charge in [-0.1, -0.05) is 0 Å². The van der Waals surface area contributed by atoms with Crippen LogP contribution >= 0.6 is 0 Å². The summed E-state index contributed by atoms with van der Waals surface area (Å²) in [5.74, 6) is 0.708. The third kappa shape index (κ3) is 4.03. The summed E-state index contributed by atoms with van der Waals surface area (Å²) < 4.78 is 24.2. The van der Waals surface area contributed by atoms with Crippen molar-refractivity contribution in [1.82, 2.24) is 10.2 Å². The van der Waals surface area contributed by atoms with Crippen molar-refractivity contribution < 1.29 is 8.78 Å². The number of nitrogens with one attached hydrogen (secondary N) is 1. The summed E-state index contributed by atoms with van der Waals surface area (Å²) >= 11 is 0. The van der Waals surface area contributed by atoms with Crippen LogP contribution in [0.15, 0.2) is 0 Å². The fraction of sp³-hybridized carbons (Fsp3) is 1.00. The molecule has 2 nitrogen and oxygen atoms in total. The van der Waals surface area contributed by atoms with Crippen LogP contribution in [0.2, 0.25) is 0 Å². The molecule has 0 bridgehead atoms. The molecule has 4 heteroatoms. The molecule has 2 rings (SSSR count). The van der Waals surface area contributed by atoms with Gasteiger partial charge >= 0.3 is 0 Å². The summed E-state index contributed by atoms with van der Waals surface area (Å²) in [7, 11) is 0. The average Bonchev–Trinajstić information content (AvgIpc) is 2.99. The standard InChI is InChI=1S/C11H20F2N2/c12-11(13)8-15-5-3-9(4-6-15)7-14-10-1-2-10/h9-11,14H,1-8H2. The van der Waals surface area contributed by atoms with Crippen molar-refractivity contribution >= 4 is 0 Å². The molecule has 0 atom stereocenters. The van der Waals surface area contributed by atoms with Gasteiger partial charge in [-0.25, -0.2) is 8.78 Å². The smallest absolute Gasteiger partial charge is 0.251 e. The van der Waals surface area contributed by atoms with Gasteiger partial charge < -0.3 is 5.32 Å². The highest BCUT2D eigenvalue weighted by molar-refractivity contribution is 4.83. The van der Waals surface area contributed by atoms with Crippen LogP contribution in [0.1, 0.15) is 25.7 Å². The third-order valence-corrected chi connectivity index (χ3v) is 3.38. The van der Waals surface area contributed by atoms with Gasteiger partial charge in [0.05, 0.1) is 6.54 Å². The lowest BCUT2D eigenvalue weighted by atomic mass is 9.97. The van der Waals surface area contributed by atoms with Gasteiger partial charge in [0.25, 0.3) is 6.43 Å². The molecule has 1 N–H and O–H groups in total. The molecule has 1 saturated carbocycles. The third-order valence-electron chi connectivity index (χ3n) is 3.38. The van der Waals surface area contributed by atoms with Crippen LogP contribution in [0.4, 0.5) is 8.78 Å². The lowest BCUT2D eigenvalue weighted by molar-refractivity contribution is 0.0690. The molecule has 0 amide bonds. The number of alkyl halides is 2. The Hall–Kier alpha value is -0.220. The molecule has 0 aromatic carbocycles. The zero-order chi connectivity index (χ0) is 10.7. The minimum Gasteiger partial charge on any atom is -0.314 e. The largest absolute Gasteiger partial charge is 0.314 e. The van der Waals surface area contributed by atoms with Crippen LogP contribution in [-0.4, -0.2) is 43.5 Å². The number of halogens is 2. The van der Waals surface area contributed by atoms with Crippen molar-refractivity contribution in [3.63, 3.8) is 0 Å². The molecule has 0 spiro atoms. The van der Waals surface area contributed by atoms with Crippen LogP contribution in [0.3, 0.4) is 0 Å². The predicted octanol–water partition coefficient (Wildman–Crippen LogP) is 1.72. The van der Waals surface area contributed by atoms with E-state index in [9.17, 15) is 8.78 Å². The summed E-state index contributed by atoms with van der Waals surface area (Å²) in [6.07, 6.45) is 2.62. The predicted molar refractivity (Wildman–Crippen MR) is 56.2 cm³/mol. The van der Waals surface area contributed by atoms with E-state index in [1.165, 1.54) is 12.8 Å². The molecular weight excluding hydrogens is 198 g/mol. The Morgan fingerprint density at radius 2 is 1.80 bits per heavy atom. The second-order valence-corrected chi connectivity index (χ2v) is 4.82. The molecular formula is C11H20F2N2. The lowest BCUT2D eigenvalue weighted by Crippen LogP contribution is -2.39. The second-order valence-electron chi connectivity index (χ2n) is 4.82. The molecule has 0 radical (unpaired) electrons. The number of likely N-dealkylation sites (tertiary alicyclic amines) is 1. The summed E-state index contributed by atoms with van der Waals surface area (Å²) in [5, 5.41) is 3.52. The van der Waals surface area contributed by atoms with E-state index >= 15 is 0 Å². The van der Waals surface area contributed by atoms with E-state index < -0.39 is 6.43 Å². The van der Waals surface area contributed by atoms with Crippen molar-refractivity contribution in [1.29, 1.82) is 0 Å². The van der Waals surface area contributed by atoms with E-state index in [-0.39, 0.29) is 6.54 Å². The highest BCUT2D eigenvalue weighted by Crippen LogP contribution is 2.21. The zero-order valence-corrected chi connectivity index (χ0v) is 9.09. The fourth-order valence-electron chi connectivity index (χ4n) is 2.19. The van der Waals surface area contributed by atoms with Gasteiger partial charge in [0.1, 0.15) is 0 Å². The van der Waals surface area contributed by atoms with Gasteiger partial charge in [-0.3, -0.25) is 4.90 Å². The van der Waals surface area contributed by atoms with Crippen LogP contribution in [0, 0.1) is 5.92 Å². The molecule has 1 aliphatic carbocycles. The van der Waals surface area contributed by atoms with E-state index in [1.807, 2.05) is 4.90 Å². The molecule has 2 fully saturated rings. The number of nitrogens with zero attached hydrogens (tertiary/aromatic N) is 1. The minimum absolute atomic E-state index is 0.0389. The average molecular weight is 218 g/mol. The maximum Gasteiger partial charge on any atom is 0.251 e. The van der Waals surface area contributed by atoms with Crippen molar-refractivity contribution in [2.45, 2.75) is 38.2 Å². The molecule has 0 aromatic rings. The monoisotopic (exact) mass is 218 g/mol. The Kier molecular flexibility index (Phi) is 3.92. The van der Waals surface area contributed by atoms with Crippen LogP contribution < -0.4 is 5.32 Å². The van der Waals surface area contributed by atoms with Crippen LogP contribution in [-0.2, 0) is 0 Å². The Bertz CT molecular complexity index is 187. The van der Waals surface area contributed by atoms with Gasteiger partial charge in [-0.05, 0) is 51.2 Å². The molecule has 15 heavy (non-hydrogen) atoms. The summed E-state index contributed by atoms with van der Waals surface area (Å²) in [5.41, 5.74) is 0. The van der Waals surface area contributed by atoms with Crippen molar-refractivity contribution in [2.75, 3.05) is 26.2 Å². The van der Waals surface area contributed by atoms with Crippen molar-refractivity contribution in [3.8, 4) is 0 Å². The van der Waals surface area contributed by atoms with Gasteiger partial charge in [-0.2, -0.15) is 0 Å². The quantitative estimate of drug-likeness (QED) is 0.756. The Morgan fingerprint density at radius 1 is 1.13 bits per heavy atom. The Morgan fingerprint density at radius 3 is 2.33 bits per heavy atom. The summed E-state index contributed by atoms with van der Waals surface area (Å²) in [6, 6.07) is 0.768. The van der Waals surface area contributed by atoms with E-state index in [2.05, 4.69) is 5.32 Å². The molecule has 1 aliphatic heterocycles. The molecule has 2 aliphatic rings. The van der Waals surface area contributed by atoms with Gasteiger partial charge in [0.15, 0.2) is 0 Å². The normalized spacial score (nSPS) is 25.0. The van der Waals surface area contributed by atoms with E-state index in [0.29, 0.717) is 5.92 Å². The summed E-state index contributed by atoms with van der Waals surface area (Å²) in [6.45, 7) is 2.75. The zero-order valence-electron chi connectivity index (χ0n) is 9.09. The molecule has 1 saturated heterocycles. The van der Waals surface area contributed by atoms with Gasteiger partial charge in [-0.15, -0.1) is 0 Å². The fourth-order valence-corrected chi connectivity index (χ4v) is 2.19.